The molecule has 0 aliphatic carbocycles. The van der Waals surface area contributed by atoms with E-state index in [1.807, 2.05) is 55.5 Å². The predicted octanol–water partition coefficient (Wildman–Crippen LogP) is 4.82. The van der Waals surface area contributed by atoms with Gasteiger partial charge in [-0.2, -0.15) is 0 Å². The van der Waals surface area contributed by atoms with E-state index in [0.717, 1.165) is 36.1 Å². The molecule has 34 heavy (non-hydrogen) atoms. The van der Waals surface area contributed by atoms with Crippen molar-refractivity contribution >= 4 is 17.5 Å². The van der Waals surface area contributed by atoms with E-state index in [2.05, 4.69) is 5.32 Å². The molecule has 1 fully saturated rings. The summed E-state index contributed by atoms with van der Waals surface area (Å²) in [6.45, 7) is 3.59. The Balaban J connectivity index is 1.54. The summed E-state index contributed by atoms with van der Waals surface area (Å²) in [4.78, 5) is 27.5. The van der Waals surface area contributed by atoms with Crippen LogP contribution in [0.3, 0.4) is 0 Å². The van der Waals surface area contributed by atoms with E-state index in [9.17, 15) is 14.0 Å². The van der Waals surface area contributed by atoms with E-state index in [0.29, 0.717) is 18.8 Å². The van der Waals surface area contributed by atoms with Crippen molar-refractivity contribution in [1.29, 1.82) is 0 Å². The standard InChI is InChI=1S/C28H29FN2O3/c1-20-10-12-21(13-11-20)19-31(28(33)23-6-3-7-24(29)17-23)25-8-2-5-22(15-25)16-27(32)30-18-26-9-4-14-34-26/h2-3,5-8,10-13,15,17,26H,4,9,14,16,18-19H2,1H3,(H,30,32). The normalized spacial score (nSPS) is 15.2. The van der Waals surface area contributed by atoms with Crippen LogP contribution in [0.1, 0.15) is 39.9 Å². The lowest BCUT2D eigenvalue weighted by Crippen LogP contribution is -2.33. The van der Waals surface area contributed by atoms with Crippen LogP contribution < -0.4 is 10.2 Å². The maximum atomic E-state index is 13.8. The van der Waals surface area contributed by atoms with Crippen LogP contribution in [0.5, 0.6) is 0 Å². The third kappa shape index (κ3) is 6.29. The second kappa shape index (κ2) is 11.1. The van der Waals surface area contributed by atoms with E-state index in [1.165, 1.54) is 18.2 Å². The van der Waals surface area contributed by atoms with Crippen molar-refractivity contribution < 1.29 is 18.7 Å². The van der Waals surface area contributed by atoms with Crippen molar-refractivity contribution in [3.05, 3.63) is 101 Å². The van der Waals surface area contributed by atoms with Crippen LogP contribution in [0, 0.1) is 12.7 Å². The Morgan fingerprint density at radius 3 is 2.56 bits per heavy atom. The van der Waals surface area contributed by atoms with Crippen molar-refractivity contribution in [2.24, 2.45) is 0 Å². The SMILES string of the molecule is Cc1ccc(CN(C(=O)c2cccc(F)c2)c2cccc(CC(=O)NCC3CCCO3)c2)cc1. The molecule has 176 valence electrons. The van der Waals surface area contributed by atoms with Crippen LogP contribution in [0.4, 0.5) is 10.1 Å². The van der Waals surface area contributed by atoms with Gasteiger partial charge in [0.2, 0.25) is 5.91 Å². The average molecular weight is 461 g/mol. The molecule has 0 spiro atoms. The highest BCUT2D eigenvalue weighted by Crippen LogP contribution is 2.23. The van der Waals surface area contributed by atoms with E-state index < -0.39 is 5.82 Å². The molecule has 6 heteroatoms. The maximum absolute atomic E-state index is 13.8. The van der Waals surface area contributed by atoms with E-state index >= 15 is 0 Å². The molecule has 1 saturated heterocycles. The van der Waals surface area contributed by atoms with Crippen molar-refractivity contribution in [1.82, 2.24) is 5.32 Å². The number of ether oxygens (including phenoxy) is 1. The number of hydrogen-bond donors (Lipinski definition) is 1. The molecular formula is C28H29FN2O3. The summed E-state index contributed by atoms with van der Waals surface area (Å²) >= 11 is 0. The minimum atomic E-state index is -0.460. The second-order valence-corrected chi connectivity index (χ2v) is 8.67. The quantitative estimate of drug-likeness (QED) is 0.524. The van der Waals surface area contributed by atoms with Gasteiger partial charge >= 0.3 is 0 Å². The molecule has 2 amide bonds. The Hall–Kier alpha value is -3.51. The molecule has 1 aliphatic rings. The molecule has 3 aromatic rings. The zero-order chi connectivity index (χ0) is 23.9. The van der Waals surface area contributed by atoms with Gasteiger partial charge in [-0.1, -0.05) is 48.0 Å². The number of nitrogens with one attached hydrogen (secondary N) is 1. The molecule has 5 nitrogen and oxygen atoms in total. The van der Waals surface area contributed by atoms with Crippen molar-refractivity contribution in [2.45, 2.75) is 38.8 Å². The van der Waals surface area contributed by atoms with Crippen LogP contribution in [-0.2, 0) is 22.5 Å². The van der Waals surface area contributed by atoms with Crippen LogP contribution in [0.15, 0.2) is 72.8 Å². The van der Waals surface area contributed by atoms with Gasteiger partial charge < -0.3 is 15.0 Å². The molecular weight excluding hydrogens is 431 g/mol. The summed E-state index contributed by atoms with van der Waals surface area (Å²) in [5, 5.41) is 2.94. The van der Waals surface area contributed by atoms with Crippen LogP contribution in [0.25, 0.3) is 0 Å². The third-order valence-electron chi connectivity index (χ3n) is 5.92. The summed E-state index contributed by atoms with van der Waals surface area (Å²) < 4.78 is 19.4. The highest BCUT2D eigenvalue weighted by atomic mass is 19.1. The number of nitrogens with zero attached hydrogens (tertiary/aromatic N) is 1. The van der Waals surface area contributed by atoms with Crippen molar-refractivity contribution in [3.63, 3.8) is 0 Å². The predicted molar refractivity (Wildman–Crippen MR) is 130 cm³/mol. The van der Waals surface area contributed by atoms with E-state index in [-0.39, 0.29) is 29.9 Å². The van der Waals surface area contributed by atoms with Gasteiger partial charge in [0.05, 0.1) is 19.1 Å². The summed E-state index contributed by atoms with van der Waals surface area (Å²) in [5.74, 6) is -0.855. The largest absolute Gasteiger partial charge is 0.376 e. The Morgan fingerprint density at radius 1 is 1.03 bits per heavy atom. The lowest BCUT2D eigenvalue weighted by molar-refractivity contribution is -0.120. The smallest absolute Gasteiger partial charge is 0.258 e. The fourth-order valence-corrected chi connectivity index (χ4v) is 4.05. The molecule has 1 heterocycles. The zero-order valence-corrected chi connectivity index (χ0v) is 19.3. The third-order valence-corrected chi connectivity index (χ3v) is 5.92. The first-order valence-electron chi connectivity index (χ1n) is 11.6. The summed E-state index contributed by atoms with van der Waals surface area (Å²) in [6, 6.07) is 21.0. The minimum Gasteiger partial charge on any atom is -0.376 e. The number of rotatable bonds is 8. The number of anilines is 1. The first-order valence-corrected chi connectivity index (χ1v) is 11.6. The lowest BCUT2D eigenvalue weighted by Gasteiger charge is -2.24. The number of aryl methyl sites for hydroxylation is 1. The van der Waals surface area contributed by atoms with Crippen LogP contribution in [0.2, 0.25) is 0 Å². The zero-order valence-electron chi connectivity index (χ0n) is 19.3. The van der Waals surface area contributed by atoms with Gasteiger partial charge in [0.15, 0.2) is 0 Å². The van der Waals surface area contributed by atoms with Gasteiger partial charge in [-0.25, -0.2) is 4.39 Å². The maximum Gasteiger partial charge on any atom is 0.258 e. The first kappa shape index (κ1) is 23.6. The van der Waals surface area contributed by atoms with Crippen molar-refractivity contribution in [3.8, 4) is 0 Å². The van der Waals surface area contributed by atoms with E-state index in [1.54, 1.807) is 11.0 Å². The molecule has 1 atom stereocenters. The minimum absolute atomic E-state index is 0.0872. The molecule has 1 aliphatic heterocycles. The summed E-state index contributed by atoms with van der Waals surface area (Å²) in [7, 11) is 0. The van der Waals surface area contributed by atoms with Crippen molar-refractivity contribution in [2.75, 3.05) is 18.1 Å². The Labute approximate surface area is 199 Å². The summed E-state index contributed by atoms with van der Waals surface area (Å²) in [5.41, 5.74) is 3.80. The molecule has 0 bridgehead atoms. The number of carbonyl (C=O) groups is 2. The molecule has 3 aromatic carbocycles. The fraction of sp³-hybridized carbons (Fsp3) is 0.286. The number of carbonyl (C=O) groups excluding carboxylic acids is 2. The summed E-state index contributed by atoms with van der Waals surface area (Å²) in [6.07, 6.45) is 2.28. The highest BCUT2D eigenvalue weighted by Gasteiger charge is 2.20. The average Bonchev–Trinajstić information content (AvgIpc) is 3.36. The van der Waals surface area contributed by atoms with Gasteiger partial charge in [-0.15, -0.1) is 0 Å². The monoisotopic (exact) mass is 460 g/mol. The van der Waals surface area contributed by atoms with Gasteiger partial charge in [-0.3, -0.25) is 9.59 Å². The molecule has 0 radical (unpaired) electrons. The second-order valence-electron chi connectivity index (χ2n) is 8.67. The Kier molecular flexibility index (Phi) is 7.70. The van der Waals surface area contributed by atoms with Gasteiger partial charge in [-0.05, 0) is 61.2 Å². The number of halogens is 1. The van der Waals surface area contributed by atoms with Crippen LogP contribution >= 0.6 is 0 Å². The fourth-order valence-electron chi connectivity index (χ4n) is 4.05. The molecule has 0 aromatic heterocycles. The molecule has 4 rings (SSSR count). The number of amides is 2. The van der Waals surface area contributed by atoms with Gasteiger partial charge in [0.25, 0.3) is 5.91 Å². The van der Waals surface area contributed by atoms with Gasteiger partial charge in [0.1, 0.15) is 5.82 Å². The number of hydrogen-bond acceptors (Lipinski definition) is 3. The number of benzene rings is 3. The first-order chi connectivity index (χ1) is 16.5. The molecule has 0 saturated carbocycles. The molecule has 1 unspecified atom stereocenters. The van der Waals surface area contributed by atoms with Crippen LogP contribution in [-0.4, -0.2) is 31.1 Å². The Bertz CT molecular complexity index is 1140. The Morgan fingerprint density at radius 2 is 1.82 bits per heavy atom. The van der Waals surface area contributed by atoms with E-state index in [4.69, 9.17) is 4.74 Å². The highest BCUT2D eigenvalue weighted by molar-refractivity contribution is 6.06. The topological polar surface area (TPSA) is 58.6 Å². The van der Waals surface area contributed by atoms with Gasteiger partial charge in [0, 0.05) is 24.4 Å². The lowest BCUT2D eigenvalue weighted by atomic mass is 10.1. The molecule has 1 N–H and O–H groups in total.